The molecule has 0 aliphatic carbocycles. The lowest BCUT2D eigenvalue weighted by atomic mass is 10.0. The molecule has 0 radical (unpaired) electrons. The summed E-state index contributed by atoms with van der Waals surface area (Å²) in [4.78, 5) is 15.5. The number of hydrogen-bond donors (Lipinski definition) is 0. The zero-order chi connectivity index (χ0) is 29.0. The summed E-state index contributed by atoms with van der Waals surface area (Å²) in [6, 6.07) is 49.7. The molecule has 0 fully saturated rings. The highest BCUT2D eigenvalue weighted by atomic mass is 16.3. The van der Waals surface area contributed by atoms with Crippen LogP contribution < -0.4 is 0 Å². The molecule has 0 aliphatic rings. The number of rotatable bonds is 4. The molecule has 3 heterocycles. The number of benzene rings is 6. The Morgan fingerprint density at radius 1 is 0.432 bits per heavy atom. The summed E-state index contributed by atoms with van der Waals surface area (Å²) in [7, 11) is 0. The van der Waals surface area contributed by atoms with Crippen molar-refractivity contribution in [2.45, 2.75) is 0 Å². The van der Waals surface area contributed by atoms with E-state index in [1.54, 1.807) is 0 Å². The molecule has 9 rings (SSSR count). The van der Waals surface area contributed by atoms with Crippen LogP contribution in [0.2, 0.25) is 0 Å². The first-order chi connectivity index (χ1) is 21.8. The number of para-hydroxylation sites is 3. The monoisotopic (exact) mass is 564 g/mol. The van der Waals surface area contributed by atoms with E-state index in [2.05, 4.69) is 83.4 Å². The fraction of sp³-hybridized carbons (Fsp3) is 0. The number of nitrogens with zero attached hydrogens (tertiary/aromatic N) is 4. The van der Waals surface area contributed by atoms with Crippen molar-refractivity contribution in [2.75, 3.05) is 0 Å². The van der Waals surface area contributed by atoms with E-state index in [0.717, 1.165) is 66.0 Å². The lowest BCUT2D eigenvalue weighted by Crippen LogP contribution is -2.07. The molecule has 0 spiro atoms. The van der Waals surface area contributed by atoms with Crippen LogP contribution in [0.3, 0.4) is 0 Å². The Bertz CT molecular complexity index is 2490. The molecule has 0 unspecified atom stereocenters. The molecular formula is C39H24N4O. The summed E-state index contributed by atoms with van der Waals surface area (Å²) >= 11 is 0. The van der Waals surface area contributed by atoms with Crippen molar-refractivity contribution in [3.05, 3.63) is 146 Å². The van der Waals surface area contributed by atoms with E-state index in [4.69, 9.17) is 19.4 Å². The Morgan fingerprint density at radius 2 is 1.05 bits per heavy atom. The summed E-state index contributed by atoms with van der Waals surface area (Å²) in [6.45, 7) is 0. The first kappa shape index (κ1) is 24.5. The lowest BCUT2D eigenvalue weighted by Gasteiger charge is -2.13. The van der Waals surface area contributed by atoms with Gasteiger partial charge in [0.1, 0.15) is 11.2 Å². The molecule has 5 nitrogen and oxygen atoms in total. The Kier molecular flexibility index (Phi) is 5.43. The summed E-state index contributed by atoms with van der Waals surface area (Å²) in [5, 5.41) is 4.32. The second-order valence-corrected chi connectivity index (χ2v) is 10.8. The number of fused-ring (bicyclic) bond motifs is 6. The van der Waals surface area contributed by atoms with Gasteiger partial charge in [-0.05, 0) is 23.8 Å². The molecule has 9 aromatic rings. The second-order valence-electron chi connectivity index (χ2n) is 10.8. The van der Waals surface area contributed by atoms with Gasteiger partial charge in [0.15, 0.2) is 11.6 Å². The summed E-state index contributed by atoms with van der Waals surface area (Å²) in [6.07, 6.45) is 0. The fourth-order valence-electron chi connectivity index (χ4n) is 6.34. The van der Waals surface area contributed by atoms with Gasteiger partial charge in [0.2, 0.25) is 5.95 Å². The van der Waals surface area contributed by atoms with Crippen molar-refractivity contribution >= 4 is 43.7 Å². The first-order valence-electron chi connectivity index (χ1n) is 14.6. The van der Waals surface area contributed by atoms with E-state index < -0.39 is 0 Å². The highest BCUT2D eigenvalue weighted by Crippen LogP contribution is 2.39. The molecule has 0 bridgehead atoms. The second kappa shape index (κ2) is 9.75. The summed E-state index contributed by atoms with van der Waals surface area (Å²) in [5.74, 6) is 1.76. The average Bonchev–Trinajstić information content (AvgIpc) is 3.65. The van der Waals surface area contributed by atoms with Gasteiger partial charge in [-0.15, -0.1) is 0 Å². The Labute approximate surface area is 252 Å². The third kappa shape index (κ3) is 3.76. The van der Waals surface area contributed by atoms with Crippen molar-refractivity contribution in [3.63, 3.8) is 0 Å². The normalized spacial score (nSPS) is 11.6. The Balaban J connectivity index is 1.41. The topological polar surface area (TPSA) is 56.7 Å². The van der Waals surface area contributed by atoms with Gasteiger partial charge in [0.25, 0.3) is 0 Å². The summed E-state index contributed by atoms with van der Waals surface area (Å²) < 4.78 is 8.43. The van der Waals surface area contributed by atoms with Crippen LogP contribution in [0.25, 0.3) is 83.6 Å². The zero-order valence-electron chi connectivity index (χ0n) is 23.6. The Morgan fingerprint density at radius 3 is 1.89 bits per heavy atom. The van der Waals surface area contributed by atoms with Crippen molar-refractivity contribution in [3.8, 4) is 39.9 Å². The van der Waals surface area contributed by atoms with E-state index in [1.165, 1.54) is 0 Å². The van der Waals surface area contributed by atoms with Crippen LogP contribution in [-0.4, -0.2) is 19.5 Å². The van der Waals surface area contributed by atoms with Gasteiger partial charge >= 0.3 is 0 Å². The minimum atomic E-state index is 0.563. The highest BCUT2D eigenvalue weighted by Gasteiger charge is 2.21. The minimum Gasteiger partial charge on any atom is -0.456 e. The molecule has 0 N–H and O–H groups in total. The first-order valence-corrected chi connectivity index (χ1v) is 14.6. The van der Waals surface area contributed by atoms with Crippen LogP contribution in [0.15, 0.2) is 150 Å². The predicted molar refractivity (Wildman–Crippen MR) is 178 cm³/mol. The SMILES string of the molecule is c1ccc(-c2nc(-c3cccc4oc5ccccc5c34)nc(-n3c4ccccc4c4cccc(-c5ccccc5)c43)n2)cc1. The molecule has 5 heteroatoms. The van der Waals surface area contributed by atoms with Gasteiger partial charge < -0.3 is 4.42 Å². The van der Waals surface area contributed by atoms with Gasteiger partial charge in [-0.3, -0.25) is 4.57 Å². The average molecular weight is 565 g/mol. The summed E-state index contributed by atoms with van der Waals surface area (Å²) in [5.41, 5.74) is 7.80. The standard InChI is InChI=1S/C39H24N4O/c1-3-13-25(14-4-1)27-19-11-20-29-28-17-7-9-22-32(28)43(36(27)29)39-41-37(26-15-5-2-6-16-26)40-38(42-39)31-21-12-24-34-35(31)30-18-8-10-23-33(30)44-34/h1-24H. The third-order valence-corrected chi connectivity index (χ3v) is 8.28. The van der Waals surface area contributed by atoms with Crippen LogP contribution in [0.1, 0.15) is 0 Å². The molecule has 0 aliphatic heterocycles. The molecule has 206 valence electrons. The fourth-order valence-corrected chi connectivity index (χ4v) is 6.34. The maximum Gasteiger partial charge on any atom is 0.238 e. The van der Waals surface area contributed by atoms with Crippen molar-refractivity contribution in [1.29, 1.82) is 0 Å². The van der Waals surface area contributed by atoms with Crippen LogP contribution in [0.5, 0.6) is 0 Å². The Hall–Kier alpha value is -6.07. The van der Waals surface area contributed by atoms with Crippen molar-refractivity contribution in [1.82, 2.24) is 19.5 Å². The van der Waals surface area contributed by atoms with Crippen LogP contribution in [-0.2, 0) is 0 Å². The van der Waals surface area contributed by atoms with E-state index in [1.807, 2.05) is 66.7 Å². The smallest absolute Gasteiger partial charge is 0.238 e. The molecule has 6 aromatic carbocycles. The molecule has 3 aromatic heterocycles. The highest BCUT2D eigenvalue weighted by molar-refractivity contribution is 6.14. The van der Waals surface area contributed by atoms with Gasteiger partial charge in [0, 0.05) is 38.2 Å². The van der Waals surface area contributed by atoms with Crippen LogP contribution in [0.4, 0.5) is 0 Å². The van der Waals surface area contributed by atoms with E-state index in [-0.39, 0.29) is 0 Å². The van der Waals surface area contributed by atoms with E-state index >= 15 is 0 Å². The van der Waals surface area contributed by atoms with Gasteiger partial charge in [-0.1, -0.05) is 127 Å². The molecule has 0 atom stereocenters. The van der Waals surface area contributed by atoms with E-state index in [9.17, 15) is 0 Å². The van der Waals surface area contributed by atoms with Gasteiger partial charge in [-0.2, -0.15) is 9.97 Å². The van der Waals surface area contributed by atoms with Crippen LogP contribution >= 0.6 is 0 Å². The number of hydrogen-bond acceptors (Lipinski definition) is 4. The van der Waals surface area contributed by atoms with Gasteiger partial charge in [0.05, 0.1) is 11.0 Å². The number of furan rings is 1. The van der Waals surface area contributed by atoms with Gasteiger partial charge in [-0.25, -0.2) is 4.98 Å². The quantitative estimate of drug-likeness (QED) is 0.213. The predicted octanol–water partition coefficient (Wildman–Crippen LogP) is 9.87. The molecule has 0 amide bonds. The molecule has 0 saturated carbocycles. The molecule has 44 heavy (non-hydrogen) atoms. The van der Waals surface area contributed by atoms with Crippen molar-refractivity contribution in [2.24, 2.45) is 0 Å². The lowest BCUT2D eigenvalue weighted by molar-refractivity contribution is 0.669. The van der Waals surface area contributed by atoms with E-state index in [0.29, 0.717) is 17.6 Å². The zero-order valence-corrected chi connectivity index (χ0v) is 23.6. The number of aromatic nitrogens is 4. The maximum absolute atomic E-state index is 6.24. The maximum atomic E-state index is 6.24. The largest absolute Gasteiger partial charge is 0.456 e. The third-order valence-electron chi connectivity index (χ3n) is 8.28. The molecule has 0 saturated heterocycles. The minimum absolute atomic E-state index is 0.563. The molecular weight excluding hydrogens is 540 g/mol. The van der Waals surface area contributed by atoms with Crippen molar-refractivity contribution < 1.29 is 4.42 Å². The van der Waals surface area contributed by atoms with Crippen LogP contribution in [0, 0.1) is 0 Å².